The molecule has 0 fully saturated rings. The highest BCUT2D eigenvalue weighted by Crippen LogP contribution is 2.06. The van der Waals surface area contributed by atoms with E-state index in [4.69, 9.17) is 4.74 Å². The molecule has 2 heteroatoms. The number of carbonyl (C=O) groups is 1. The average Bonchev–Trinajstić information content (AvgIpc) is 2.24. The van der Waals surface area contributed by atoms with Crippen molar-refractivity contribution in [2.24, 2.45) is 5.92 Å². The molecule has 0 bridgehead atoms. The predicted molar refractivity (Wildman–Crippen MR) is 68.2 cm³/mol. The molecule has 0 aromatic carbocycles. The van der Waals surface area contributed by atoms with E-state index < -0.39 is 0 Å². The third-order valence-corrected chi connectivity index (χ3v) is 2.20. The average molecular weight is 224 g/mol. The number of hydrogen-bond donors (Lipinski definition) is 0. The quantitative estimate of drug-likeness (QED) is 0.373. The molecular weight excluding hydrogens is 200 g/mol. The second kappa shape index (κ2) is 9.20. The highest BCUT2D eigenvalue weighted by molar-refractivity contribution is 5.72. The summed E-state index contributed by atoms with van der Waals surface area (Å²) in [4.78, 5) is 11.5. The topological polar surface area (TPSA) is 26.3 Å². The molecule has 0 N–H and O–H groups in total. The lowest BCUT2D eigenvalue weighted by Crippen LogP contribution is -2.14. The Morgan fingerprint density at radius 1 is 1.38 bits per heavy atom. The summed E-state index contributed by atoms with van der Waals surface area (Å²) in [5.41, 5.74) is 1.26. The van der Waals surface area contributed by atoms with Gasteiger partial charge in [-0.05, 0) is 26.7 Å². The zero-order valence-electron chi connectivity index (χ0n) is 11.0. The van der Waals surface area contributed by atoms with Crippen LogP contribution in [0, 0.1) is 5.92 Å². The van der Waals surface area contributed by atoms with Gasteiger partial charge in [-0.15, -0.1) is 0 Å². The van der Waals surface area contributed by atoms with Crippen molar-refractivity contribution in [3.05, 3.63) is 23.8 Å². The van der Waals surface area contributed by atoms with Gasteiger partial charge in [-0.2, -0.15) is 0 Å². The summed E-state index contributed by atoms with van der Waals surface area (Å²) >= 11 is 0. The fraction of sp³-hybridized carbons (Fsp3) is 0.643. The third kappa shape index (κ3) is 8.27. The maximum Gasteiger partial charge on any atom is 0.308 e. The Bertz CT molecular complexity index is 247. The minimum Gasteiger partial charge on any atom is -0.465 e. The highest BCUT2D eigenvalue weighted by Gasteiger charge is 2.11. The maximum absolute atomic E-state index is 11.5. The van der Waals surface area contributed by atoms with Gasteiger partial charge < -0.3 is 4.74 Å². The molecule has 0 heterocycles. The summed E-state index contributed by atoms with van der Waals surface area (Å²) in [5, 5.41) is 0. The lowest BCUT2D eigenvalue weighted by atomic mass is 10.1. The Labute approximate surface area is 99.4 Å². The zero-order valence-corrected chi connectivity index (χ0v) is 11.0. The van der Waals surface area contributed by atoms with Crippen molar-refractivity contribution >= 4 is 5.97 Å². The molecule has 0 aromatic rings. The number of esters is 1. The lowest BCUT2D eigenvalue weighted by molar-refractivity contribution is -0.147. The Morgan fingerprint density at radius 3 is 2.62 bits per heavy atom. The minimum atomic E-state index is -0.0877. The smallest absolute Gasteiger partial charge is 0.308 e. The van der Waals surface area contributed by atoms with Gasteiger partial charge in [0.15, 0.2) is 0 Å². The fourth-order valence-electron chi connectivity index (χ4n) is 1.10. The minimum absolute atomic E-state index is 0.0429. The molecule has 0 radical (unpaired) electrons. The Kier molecular flexibility index (Phi) is 8.59. The first-order valence-corrected chi connectivity index (χ1v) is 6.04. The molecule has 1 unspecified atom stereocenters. The monoisotopic (exact) mass is 224 g/mol. The van der Waals surface area contributed by atoms with Crippen molar-refractivity contribution in [1.82, 2.24) is 0 Å². The summed E-state index contributed by atoms with van der Waals surface area (Å²) in [5.74, 6) is -0.131. The van der Waals surface area contributed by atoms with Crippen LogP contribution in [0.15, 0.2) is 23.8 Å². The van der Waals surface area contributed by atoms with E-state index in [1.165, 1.54) is 5.57 Å². The van der Waals surface area contributed by atoms with Crippen LogP contribution in [0.5, 0.6) is 0 Å². The van der Waals surface area contributed by atoms with Gasteiger partial charge in [-0.25, -0.2) is 0 Å². The van der Waals surface area contributed by atoms with Crippen LogP contribution in [0.4, 0.5) is 0 Å². The van der Waals surface area contributed by atoms with E-state index in [1.807, 2.05) is 39.0 Å². The van der Waals surface area contributed by atoms with Gasteiger partial charge >= 0.3 is 5.97 Å². The molecule has 0 aliphatic rings. The second-order valence-electron chi connectivity index (χ2n) is 4.33. The van der Waals surface area contributed by atoms with Gasteiger partial charge in [-0.3, -0.25) is 4.79 Å². The first kappa shape index (κ1) is 14.9. The number of carbonyl (C=O) groups excluding carboxylic acids is 1. The van der Waals surface area contributed by atoms with Crippen LogP contribution in [0.3, 0.4) is 0 Å². The van der Waals surface area contributed by atoms with E-state index in [9.17, 15) is 4.79 Å². The van der Waals surface area contributed by atoms with Gasteiger partial charge in [0, 0.05) is 0 Å². The molecule has 0 aromatic heterocycles. The van der Waals surface area contributed by atoms with Crippen molar-refractivity contribution in [3.63, 3.8) is 0 Å². The van der Waals surface area contributed by atoms with Crippen molar-refractivity contribution in [1.29, 1.82) is 0 Å². The Hall–Kier alpha value is -1.05. The molecule has 92 valence electrons. The van der Waals surface area contributed by atoms with Gasteiger partial charge in [0.2, 0.25) is 0 Å². The van der Waals surface area contributed by atoms with E-state index in [2.05, 4.69) is 6.92 Å². The molecule has 0 saturated carbocycles. The van der Waals surface area contributed by atoms with Crippen LogP contribution in [0.25, 0.3) is 0 Å². The van der Waals surface area contributed by atoms with E-state index >= 15 is 0 Å². The molecule has 0 spiro atoms. The number of ether oxygens (including phenoxy) is 1. The zero-order chi connectivity index (χ0) is 12.4. The molecule has 0 aliphatic carbocycles. The van der Waals surface area contributed by atoms with Crippen molar-refractivity contribution in [2.45, 2.75) is 47.0 Å². The summed E-state index contributed by atoms with van der Waals surface area (Å²) in [7, 11) is 0. The number of hydrogen-bond acceptors (Lipinski definition) is 2. The number of unbranched alkanes of at least 4 members (excludes halogenated alkanes) is 1. The van der Waals surface area contributed by atoms with Gasteiger partial charge in [0.25, 0.3) is 0 Å². The van der Waals surface area contributed by atoms with E-state index in [0.29, 0.717) is 6.61 Å². The van der Waals surface area contributed by atoms with Crippen LogP contribution < -0.4 is 0 Å². The second-order valence-corrected chi connectivity index (χ2v) is 4.33. The van der Waals surface area contributed by atoms with Gasteiger partial charge in [-0.1, -0.05) is 44.1 Å². The highest BCUT2D eigenvalue weighted by atomic mass is 16.5. The molecule has 2 nitrogen and oxygen atoms in total. The fourth-order valence-corrected chi connectivity index (χ4v) is 1.10. The molecule has 0 amide bonds. The van der Waals surface area contributed by atoms with Crippen LogP contribution >= 0.6 is 0 Å². The lowest BCUT2D eigenvalue weighted by Gasteiger charge is -2.08. The summed E-state index contributed by atoms with van der Waals surface area (Å²) in [6.07, 6.45) is 8.79. The molecule has 0 saturated heterocycles. The van der Waals surface area contributed by atoms with Gasteiger partial charge in [0.1, 0.15) is 0 Å². The summed E-state index contributed by atoms with van der Waals surface area (Å²) in [6, 6.07) is 0. The van der Waals surface area contributed by atoms with Crippen LogP contribution in [-0.4, -0.2) is 12.6 Å². The SMILES string of the molecule is CCCCOC(=O)C(C)C/C=C/C=C(C)C. The Morgan fingerprint density at radius 2 is 2.06 bits per heavy atom. The standard InChI is InChI=1S/C14H24O2/c1-5-6-11-16-14(15)13(4)10-8-7-9-12(2)3/h7-9,13H,5-6,10-11H2,1-4H3/b8-7+. The van der Waals surface area contributed by atoms with Crippen LogP contribution in [-0.2, 0) is 9.53 Å². The van der Waals surface area contributed by atoms with E-state index in [-0.39, 0.29) is 11.9 Å². The summed E-state index contributed by atoms with van der Waals surface area (Å²) < 4.78 is 5.13. The van der Waals surface area contributed by atoms with Crippen molar-refractivity contribution < 1.29 is 9.53 Å². The van der Waals surface area contributed by atoms with Gasteiger partial charge in [0.05, 0.1) is 12.5 Å². The maximum atomic E-state index is 11.5. The third-order valence-electron chi connectivity index (χ3n) is 2.20. The molecule has 1 atom stereocenters. The molecule has 0 aliphatic heterocycles. The first-order valence-electron chi connectivity index (χ1n) is 6.04. The Balaban J connectivity index is 3.79. The molecular formula is C14H24O2. The largest absolute Gasteiger partial charge is 0.465 e. The van der Waals surface area contributed by atoms with Crippen LogP contribution in [0.1, 0.15) is 47.0 Å². The predicted octanol–water partition coefficient (Wildman–Crippen LogP) is 3.88. The van der Waals surface area contributed by atoms with Crippen LogP contribution in [0.2, 0.25) is 0 Å². The molecule has 16 heavy (non-hydrogen) atoms. The van der Waals surface area contributed by atoms with Crippen molar-refractivity contribution in [2.75, 3.05) is 6.61 Å². The first-order chi connectivity index (χ1) is 7.57. The van der Waals surface area contributed by atoms with E-state index in [1.54, 1.807) is 0 Å². The number of allylic oxidation sites excluding steroid dienone is 4. The summed E-state index contributed by atoms with van der Waals surface area (Å²) in [6.45, 7) is 8.64. The van der Waals surface area contributed by atoms with Crippen molar-refractivity contribution in [3.8, 4) is 0 Å². The molecule has 0 rings (SSSR count). The normalized spacial score (nSPS) is 12.5. The van der Waals surface area contributed by atoms with E-state index in [0.717, 1.165) is 19.3 Å². The number of rotatable bonds is 7.